The molecule has 4 nitrogen and oxygen atoms in total. The maximum absolute atomic E-state index is 11.8. The lowest BCUT2D eigenvalue weighted by molar-refractivity contribution is -0.155. The first-order valence-corrected chi connectivity index (χ1v) is 5.36. The highest BCUT2D eigenvalue weighted by Gasteiger charge is 2.35. The van der Waals surface area contributed by atoms with Crippen LogP contribution < -0.4 is 0 Å². The van der Waals surface area contributed by atoms with E-state index in [9.17, 15) is 26.3 Å². The molecule has 0 N–H and O–H groups in total. The van der Waals surface area contributed by atoms with E-state index < -0.39 is 23.7 Å². The van der Waals surface area contributed by atoms with E-state index in [0.717, 1.165) is 18.5 Å². The van der Waals surface area contributed by atoms with Gasteiger partial charge in [-0.05, 0) is 13.8 Å². The molecule has 10 heteroatoms. The maximum atomic E-state index is 11.8. The number of nitrogens with zero attached hydrogens (tertiary/aromatic N) is 3. The van der Waals surface area contributed by atoms with Gasteiger partial charge in [-0.2, -0.15) is 26.3 Å². The second-order valence-electron chi connectivity index (χ2n) is 3.85. The minimum atomic E-state index is -4.42. The lowest BCUT2D eigenvalue weighted by Gasteiger charge is -2.03. The highest BCUT2D eigenvalue weighted by atomic mass is 19.4. The third-order valence-corrected chi connectivity index (χ3v) is 2.02. The Labute approximate surface area is 114 Å². The van der Waals surface area contributed by atoms with Crippen LogP contribution in [0, 0.1) is 13.8 Å². The molecule has 21 heavy (non-hydrogen) atoms. The van der Waals surface area contributed by atoms with E-state index in [0.29, 0.717) is 5.82 Å². The van der Waals surface area contributed by atoms with Gasteiger partial charge in [0.25, 0.3) is 0 Å². The molecule has 0 fully saturated rings. The van der Waals surface area contributed by atoms with Crippen molar-refractivity contribution < 1.29 is 30.9 Å². The maximum Gasteiger partial charge on any atom is 0.452 e. The Kier molecular flexibility index (Phi) is 4.92. The first-order valence-electron chi connectivity index (χ1n) is 5.36. The van der Waals surface area contributed by atoms with E-state index >= 15 is 0 Å². The molecular formula is C11H9F6N3O. The van der Waals surface area contributed by atoms with Gasteiger partial charge in [-0.1, -0.05) is 5.16 Å². The summed E-state index contributed by atoms with van der Waals surface area (Å²) in [7, 11) is 0. The second kappa shape index (κ2) is 6.10. The molecule has 0 aromatic carbocycles. The number of alkyl halides is 6. The Morgan fingerprint density at radius 2 is 1.43 bits per heavy atom. The van der Waals surface area contributed by atoms with Gasteiger partial charge in [0.1, 0.15) is 5.82 Å². The topological polar surface area (TPSA) is 51.8 Å². The predicted octanol–water partition coefficient (Wildman–Crippen LogP) is 3.81. The van der Waals surface area contributed by atoms with Gasteiger partial charge in [-0.3, -0.25) is 0 Å². The van der Waals surface area contributed by atoms with Gasteiger partial charge in [0, 0.05) is 18.5 Å². The number of halogens is 6. The van der Waals surface area contributed by atoms with Crippen LogP contribution in [0.3, 0.4) is 0 Å². The van der Waals surface area contributed by atoms with Crippen molar-refractivity contribution in [3.05, 3.63) is 41.3 Å². The molecule has 0 saturated heterocycles. The first-order chi connectivity index (χ1) is 9.50. The van der Waals surface area contributed by atoms with Crippen molar-refractivity contribution in [1.82, 2.24) is 15.1 Å². The summed E-state index contributed by atoms with van der Waals surface area (Å²) in [4.78, 5) is 6.83. The number of aryl methyl sites for hydroxylation is 2. The number of rotatable bonds is 0. The van der Waals surface area contributed by atoms with Crippen LogP contribution in [0.15, 0.2) is 23.0 Å². The summed E-state index contributed by atoms with van der Waals surface area (Å²) in [5.41, 5.74) is -0.588. The molecular weight excluding hydrogens is 304 g/mol. The van der Waals surface area contributed by atoms with Crippen LogP contribution in [0.5, 0.6) is 0 Å². The molecule has 0 aliphatic rings. The van der Waals surface area contributed by atoms with Crippen molar-refractivity contribution in [2.24, 2.45) is 0 Å². The minimum Gasteiger partial charge on any atom is -0.351 e. The molecule has 0 aliphatic carbocycles. The highest BCUT2D eigenvalue weighted by Crippen LogP contribution is 2.29. The number of hydrogen-bond donors (Lipinski definition) is 0. The number of aromatic nitrogens is 3. The Balaban J connectivity index is 0.000000211. The zero-order valence-corrected chi connectivity index (χ0v) is 10.7. The van der Waals surface area contributed by atoms with Gasteiger partial charge in [0.05, 0.1) is 11.3 Å². The summed E-state index contributed by atoms with van der Waals surface area (Å²) in [6.45, 7) is 2.96. The molecule has 0 atom stereocenters. The molecule has 2 heterocycles. The van der Waals surface area contributed by atoms with Gasteiger partial charge in [-0.25, -0.2) is 9.97 Å². The van der Waals surface area contributed by atoms with Crippen molar-refractivity contribution in [2.75, 3.05) is 0 Å². The molecule has 0 bridgehead atoms. The van der Waals surface area contributed by atoms with Gasteiger partial charge >= 0.3 is 12.4 Å². The molecule has 0 radical (unpaired) electrons. The molecule has 0 amide bonds. The van der Waals surface area contributed by atoms with Crippen molar-refractivity contribution in [3.8, 4) is 0 Å². The Hall–Kier alpha value is -2.13. The standard InChI is InChI=1S/C6H5F3N2.C5H4F3NO/c1-4-10-2-5(3-11-4)6(7,8)9;1-3-2-4(10-9-3)5(6,7)8/h2-3H,1H3;2H,1H3. The predicted molar refractivity (Wildman–Crippen MR) is 58.0 cm³/mol. The van der Waals surface area contributed by atoms with Gasteiger partial charge < -0.3 is 4.52 Å². The zero-order chi connectivity index (χ0) is 16.3. The van der Waals surface area contributed by atoms with E-state index in [-0.39, 0.29) is 5.69 Å². The largest absolute Gasteiger partial charge is 0.452 e. The zero-order valence-electron chi connectivity index (χ0n) is 10.7. The fourth-order valence-electron chi connectivity index (χ4n) is 1.04. The highest BCUT2D eigenvalue weighted by molar-refractivity contribution is 5.08. The van der Waals surface area contributed by atoms with E-state index in [1.807, 2.05) is 0 Å². The fraction of sp³-hybridized carbons (Fsp3) is 0.364. The molecule has 0 aliphatic heterocycles. The Bertz CT molecular complexity index is 573. The van der Waals surface area contributed by atoms with Gasteiger partial charge in [0.15, 0.2) is 0 Å². The van der Waals surface area contributed by atoms with E-state index in [1.54, 1.807) is 0 Å². The molecule has 2 rings (SSSR count). The first kappa shape index (κ1) is 16.9. The van der Waals surface area contributed by atoms with Crippen LogP contribution >= 0.6 is 0 Å². The lowest BCUT2D eigenvalue weighted by Crippen LogP contribution is -2.06. The van der Waals surface area contributed by atoms with Crippen LogP contribution in [0.25, 0.3) is 0 Å². The molecule has 2 aromatic rings. The quantitative estimate of drug-likeness (QED) is 0.694. The monoisotopic (exact) mass is 313 g/mol. The Morgan fingerprint density at radius 3 is 1.71 bits per heavy atom. The smallest absolute Gasteiger partial charge is 0.351 e. The van der Waals surface area contributed by atoms with Crippen molar-refractivity contribution >= 4 is 0 Å². The molecule has 0 spiro atoms. The number of hydrogen-bond acceptors (Lipinski definition) is 4. The molecule has 116 valence electrons. The van der Waals surface area contributed by atoms with Crippen LogP contribution in [0.2, 0.25) is 0 Å². The van der Waals surface area contributed by atoms with Crippen LogP contribution in [0.1, 0.15) is 22.8 Å². The van der Waals surface area contributed by atoms with E-state index in [1.165, 1.54) is 13.8 Å². The summed E-state index contributed by atoms with van der Waals surface area (Å²) in [6, 6.07) is 0.847. The van der Waals surface area contributed by atoms with Crippen LogP contribution in [-0.4, -0.2) is 15.1 Å². The van der Waals surface area contributed by atoms with Crippen molar-refractivity contribution in [1.29, 1.82) is 0 Å². The molecule has 0 saturated carbocycles. The van der Waals surface area contributed by atoms with E-state index in [4.69, 9.17) is 0 Å². The van der Waals surface area contributed by atoms with E-state index in [2.05, 4.69) is 19.6 Å². The SMILES string of the molecule is Cc1cc(C(F)(F)F)on1.Cc1ncc(C(F)(F)F)cn1. The second-order valence-corrected chi connectivity index (χ2v) is 3.85. The summed E-state index contributed by atoms with van der Waals surface area (Å²) >= 11 is 0. The normalized spacial score (nSPS) is 11.8. The third-order valence-electron chi connectivity index (χ3n) is 2.02. The van der Waals surface area contributed by atoms with Crippen molar-refractivity contribution in [3.63, 3.8) is 0 Å². The van der Waals surface area contributed by atoms with Gasteiger partial charge in [0.2, 0.25) is 5.76 Å². The average molecular weight is 313 g/mol. The summed E-state index contributed by atoms with van der Waals surface area (Å²) in [5, 5.41) is 3.09. The average Bonchev–Trinajstić information content (AvgIpc) is 2.76. The summed E-state index contributed by atoms with van der Waals surface area (Å²) in [5.74, 6) is -0.719. The summed E-state index contributed by atoms with van der Waals surface area (Å²) < 4.78 is 74.5. The van der Waals surface area contributed by atoms with Crippen LogP contribution in [0.4, 0.5) is 26.3 Å². The Morgan fingerprint density at radius 1 is 0.905 bits per heavy atom. The summed E-state index contributed by atoms with van der Waals surface area (Å²) in [6.07, 6.45) is -7.22. The molecule has 0 unspecified atom stereocenters. The van der Waals surface area contributed by atoms with Gasteiger partial charge in [-0.15, -0.1) is 0 Å². The fourth-order valence-corrected chi connectivity index (χ4v) is 1.04. The lowest BCUT2D eigenvalue weighted by atomic mass is 10.3. The molecule has 2 aromatic heterocycles. The minimum absolute atomic E-state index is 0.229. The third kappa shape index (κ3) is 5.40. The van der Waals surface area contributed by atoms with Crippen molar-refractivity contribution in [2.45, 2.75) is 26.2 Å². The van der Waals surface area contributed by atoms with Crippen LogP contribution in [-0.2, 0) is 12.4 Å².